The van der Waals surface area contributed by atoms with Gasteiger partial charge in [0.05, 0.1) is 31.1 Å². The number of rotatable bonds is 13. The molecule has 8 nitrogen and oxygen atoms in total. The zero-order valence-corrected chi connectivity index (χ0v) is 27.3. The van der Waals surface area contributed by atoms with Crippen LogP contribution < -0.4 is 16.4 Å². The highest BCUT2D eigenvalue weighted by molar-refractivity contribution is 7.88. The Labute approximate surface area is 269 Å². The number of ether oxygens (including phenoxy) is 1. The van der Waals surface area contributed by atoms with E-state index in [9.17, 15) is 17.6 Å². The first-order valence-corrected chi connectivity index (χ1v) is 17.2. The van der Waals surface area contributed by atoms with Crippen molar-refractivity contribution in [1.82, 2.24) is 9.62 Å². The minimum atomic E-state index is -3.53. The summed E-state index contributed by atoms with van der Waals surface area (Å²) in [4.78, 5) is 13.6. The lowest BCUT2D eigenvalue weighted by atomic mass is 9.85. The number of amides is 1. The highest BCUT2D eigenvalue weighted by Gasteiger charge is 2.37. The van der Waals surface area contributed by atoms with Crippen molar-refractivity contribution in [1.29, 1.82) is 0 Å². The number of hydrogen-bond acceptors (Lipinski definition) is 6. The molecule has 244 valence electrons. The van der Waals surface area contributed by atoms with Gasteiger partial charge in [0.1, 0.15) is 11.6 Å². The number of halogens is 3. The molecule has 1 fully saturated rings. The molecule has 4 N–H and O–H groups in total. The fourth-order valence-corrected chi connectivity index (χ4v) is 7.52. The van der Waals surface area contributed by atoms with Crippen LogP contribution in [0.15, 0.2) is 66.7 Å². The van der Waals surface area contributed by atoms with E-state index >= 15 is 4.39 Å². The van der Waals surface area contributed by atoms with Crippen LogP contribution in [-0.2, 0) is 26.0 Å². The standard InChI is InChI=1S/C33H41ClF2N4O4S/c1-21(2)44-20-27-19-38-18-26(40(27)45(3,42)43)12-6-13-28-29(36)14-7-15-30(28)39-33(41)32(37)31(22-8-4-10-24(34)16-22)23-9-5-11-25(35)17-23/h4-5,7-11,14-17,21,26-27,31-32,38H,6,12-13,18-20,37H2,1-3H3,(H,39,41)/t26-,27?,31-,32-/m0/s1. The summed E-state index contributed by atoms with van der Waals surface area (Å²) in [5.74, 6) is -2.28. The van der Waals surface area contributed by atoms with Gasteiger partial charge >= 0.3 is 0 Å². The average molecular weight is 663 g/mol. The predicted molar refractivity (Wildman–Crippen MR) is 174 cm³/mol. The molecule has 4 rings (SSSR count). The molecular formula is C33H41ClF2N4O4S. The third kappa shape index (κ3) is 9.31. The first-order chi connectivity index (χ1) is 21.3. The second-order valence-corrected chi connectivity index (χ2v) is 14.0. The van der Waals surface area contributed by atoms with Gasteiger partial charge in [0.2, 0.25) is 15.9 Å². The second kappa shape index (κ2) is 15.6. The maximum Gasteiger partial charge on any atom is 0.242 e. The molecule has 12 heteroatoms. The van der Waals surface area contributed by atoms with Crippen LogP contribution in [0.1, 0.15) is 49.3 Å². The Morgan fingerprint density at radius 2 is 1.73 bits per heavy atom. The van der Waals surface area contributed by atoms with Gasteiger partial charge in [-0.05, 0) is 80.6 Å². The Morgan fingerprint density at radius 1 is 1.07 bits per heavy atom. The number of sulfonamides is 1. The number of nitrogens with two attached hydrogens (primary N) is 1. The Kier molecular flexibility index (Phi) is 12.1. The van der Waals surface area contributed by atoms with Gasteiger partial charge in [-0.2, -0.15) is 4.31 Å². The van der Waals surface area contributed by atoms with Gasteiger partial charge in [-0.3, -0.25) is 4.79 Å². The molecule has 0 aromatic heterocycles. The van der Waals surface area contributed by atoms with E-state index in [0.29, 0.717) is 42.1 Å². The van der Waals surface area contributed by atoms with Crippen molar-refractivity contribution in [2.45, 2.75) is 63.3 Å². The van der Waals surface area contributed by atoms with Crippen LogP contribution in [0, 0.1) is 11.6 Å². The summed E-state index contributed by atoms with van der Waals surface area (Å²) >= 11 is 6.23. The van der Waals surface area contributed by atoms with Gasteiger partial charge in [0.25, 0.3) is 0 Å². The average Bonchev–Trinajstić information content (AvgIpc) is 2.97. The highest BCUT2D eigenvalue weighted by atomic mass is 35.5. The predicted octanol–water partition coefficient (Wildman–Crippen LogP) is 5.07. The molecule has 1 saturated heterocycles. The van der Waals surface area contributed by atoms with Crippen LogP contribution in [0.2, 0.25) is 5.02 Å². The number of benzene rings is 3. The van der Waals surface area contributed by atoms with Crippen molar-refractivity contribution in [3.05, 3.63) is 100 Å². The summed E-state index contributed by atoms with van der Waals surface area (Å²) in [5, 5.41) is 6.53. The van der Waals surface area contributed by atoms with E-state index in [1.165, 1.54) is 34.8 Å². The van der Waals surface area contributed by atoms with E-state index in [1.54, 1.807) is 42.5 Å². The molecule has 4 atom stereocenters. The molecule has 1 amide bonds. The van der Waals surface area contributed by atoms with Crippen LogP contribution in [0.3, 0.4) is 0 Å². The highest BCUT2D eigenvalue weighted by Crippen LogP contribution is 2.31. The fraction of sp³-hybridized carbons (Fsp3) is 0.424. The van der Waals surface area contributed by atoms with Gasteiger partial charge in [0.15, 0.2) is 0 Å². The van der Waals surface area contributed by atoms with Crippen LogP contribution in [0.4, 0.5) is 14.5 Å². The van der Waals surface area contributed by atoms with E-state index in [0.717, 1.165) is 0 Å². The number of carbonyl (C=O) groups excluding carboxylic acids is 1. The third-order valence-electron chi connectivity index (χ3n) is 7.90. The molecule has 1 aliphatic rings. The summed E-state index contributed by atoms with van der Waals surface area (Å²) in [6.45, 7) is 5.01. The number of nitrogens with zero attached hydrogens (tertiary/aromatic N) is 1. The van der Waals surface area contributed by atoms with E-state index in [2.05, 4.69) is 10.6 Å². The molecule has 3 aromatic carbocycles. The zero-order valence-electron chi connectivity index (χ0n) is 25.7. The maximum absolute atomic E-state index is 15.2. The number of nitrogens with one attached hydrogen (secondary N) is 2. The van der Waals surface area contributed by atoms with Crippen LogP contribution in [-0.4, -0.2) is 68.8 Å². The van der Waals surface area contributed by atoms with Crippen molar-refractivity contribution in [2.24, 2.45) is 5.73 Å². The number of piperazine rings is 1. The van der Waals surface area contributed by atoms with Crippen molar-refractivity contribution in [3.63, 3.8) is 0 Å². The first kappa shape index (κ1) is 34.9. The van der Waals surface area contributed by atoms with Gasteiger partial charge in [-0.1, -0.05) is 41.9 Å². The molecule has 1 unspecified atom stereocenters. The molecule has 1 heterocycles. The molecule has 3 aromatic rings. The van der Waals surface area contributed by atoms with Crippen LogP contribution in [0.25, 0.3) is 0 Å². The Bertz CT molecular complexity index is 1530. The van der Waals surface area contributed by atoms with E-state index in [1.807, 2.05) is 13.8 Å². The second-order valence-electron chi connectivity index (χ2n) is 11.7. The zero-order chi connectivity index (χ0) is 32.7. The molecular weight excluding hydrogens is 622 g/mol. The monoisotopic (exact) mass is 662 g/mol. The summed E-state index contributed by atoms with van der Waals surface area (Å²) in [7, 11) is -3.53. The normalized spacial score (nSPS) is 18.9. The topological polar surface area (TPSA) is 114 Å². The van der Waals surface area contributed by atoms with Crippen LogP contribution >= 0.6 is 11.6 Å². The molecule has 1 aliphatic heterocycles. The molecule has 0 bridgehead atoms. The van der Waals surface area contributed by atoms with Crippen molar-refractivity contribution < 1.29 is 26.7 Å². The van der Waals surface area contributed by atoms with Crippen molar-refractivity contribution in [3.8, 4) is 0 Å². The Morgan fingerprint density at radius 3 is 2.40 bits per heavy atom. The maximum atomic E-state index is 15.2. The summed E-state index contributed by atoms with van der Waals surface area (Å²) in [6, 6.07) is 15.3. The van der Waals surface area contributed by atoms with Crippen molar-refractivity contribution in [2.75, 3.05) is 31.3 Å². The summed E-state index contributed by atoms with van der Waals surface area (Å²) in [6.07, 6.45) is 2.34. The minimum absolute atomic E-state index is 0.0378. The van der Waals surface area contributed by atoms with Gasteiger partial charge in [-0.15, -0.1) is 0 Å². The summed E-state index contributed by atoms with van der Waals surface area (Å²) < 4.78 is 62.2. The molecule has 0 radical (unpaired) electrons. The minimum Gasteiger partial charge on any atom is -0.377 e. The molecule has 0 spiro atoms. The molecule has 0 aliphatic carbocycles. The SMILES string of the molecule is CC(C)OCC1CNC[C@H](CCCc2c(F)cccc2NC(=O)[C@@H](N)[C@H](c2cccc(F)c2)c2cccc(Cl)c2)N1S(C)(=O)=O. The number of anilines is 1. The summed E-state index contributed by atoms with van der Waals surface area (Å²) in [5.41, 5.74) is 8.20. The lowest BCUT2D eigenvalue weighted by molar-refractivity contribution is -0.117. The molecule has 0 saturated carbocycles. The Balaban J connectivity index is 1.50. The van der Waals surface area contributed by atoms with Gasteiger partial charge < -0.3 is 21.1 Å². The first-order valence-electron chi connectivity index (χ1n) is 15.0. The lowest BCUT2D eigenvalue weighted by Crippen LogP contribution is -2.60. The van der Waals surface area contributed by atoms with E-state index in [4.69, 9.17) is 22.1 Å². The Hall–Kier alpha value is -2.93. The number of hydrogen-bond donors (Lipinski definition) is 3. The fourth-order valence-electron chi connectivity index (χ4n) is 5.92. The third-order valence-corrected chi connectivity index (χ3v) is 9.50. The largest absolute Gasteiger partial charge is 0.377 e. The van der Waals surface area contributed by atoms with Crippen LogP contribution in [0.5, 0.6) is 0 Å². The van der Waals surface area contributed by atoms with Gasteiger partial charge in [-0.25, -0.2) is 17.2 Å². The van der Waals surface area contributed by atoms with Gasteiger partial charge in [0, 0.05) is 41.3 Å². The quantitative estimate of drug-likeness (QED) is 0.236. The molecule has 45 heavy (non-hydrogen) atoms. The number of carbonyl (C=O) groups is 1. The van der Waals surface area contributed by atoms with E-state index < -0.39 is 39.5 Å². The lowest BCUT2D eigenvalue weighted by Gasteiger charge is -2.41. The van der Waals surface area contributed by atoms with E-state index in [-0.39, 0.29) is 42.5 Å². The van der Waals surface area contributed by atoms with Crippen molar-refractivity contribution >= 4 is 33.2 Å². The smallest absolute Gasteiger partial charge is 0.242 e.